The minimum Gasteiger partial charge on any atom is -0.370 e. The molecule has 3 aliphatic rings. The molecule has 0 saturated heterocycles. The topological polar surface area (TPSA) is 32.7 Å². The SMILES string of the molecule is CC1CCC(C(C)C)C(N(/C=C2/CN=C(c3ccccc3F)c3cc(Cl)ccc3C2=O)C2CC(C)CCC2C(C)C)C1. The van der Waals surface area contributed by atoms with E-state index in [-0.39, 0.29) is 18.1 Å². The van der Waals surface area contributed by atoms with E-state index >= 15 is 4.39 Å². The second kappa shape index (κ2) is 13.0. The van der Waals surface area contributed by atoms with Gasteiger partial charge in [0.2, 0.25) is 0 Å². The molecule has 5 heteroatoms. The lowest BCUT2D eigenvalue weighted by Gasteiger charge is -2.51. The molecule has 226 valence electrons. The first-order valence-corrected chi connectivity index (χ1v) is 16.5. The van der Waals surface area contributed by atoms with Crippen molar-refractivity contribution in [3.63, 3.8) is 0 Å². The van der Waals surface area contributed by atoms with Crippen LogP contribution in [-0.2, 0) is 0 Å². The van der Waals surface area contributed by atoms with E-state index in [9.17, 15) is 4.79 Å². The van der Waals surface area contributed by atoms with Crippen LogP contribution in [0.15, 0.2) is 59.2 Å². The predicted molar refractivity (Wildman–Crippen MR) is 173 cm³/mol. The van der Waals surface area contributed by atoms with Crippen LogP contribution in [0.1, 0.15) is 102 Å². The third-order valence-electron chi connectivity index (χ3n) is 10.4. The molecule has 0 aromatic heterocycles. The first-order valence-electron chi connectivity index (χ1n) is 16.2. The number of hydrogen-bond acceptors (Lipinski definition) is 3. The lowest BCUT2D eigenvalue weighted by Crippen LogP contribution is -2.53. The van der Waals surface area contributed by atoms with Crippen LogP contribution in [0.4, 0.5) is 4.39 Å². The average molecular weight is 591 g/mol. The van der Waals surface area contributed by atoms with Gasteiger partial charge in [-0.15, -0.1) is 0 Å². The van der Waals surface area contributed by atoms with Gasteiger partial charge in [0.15, 0.2) is 5.78 Å². The standard InChI is InChI=1S/C37H48ClFN2O/c1-22(2)28-14-11-24(5)17-34(28)41(35-18-25(6)12-15-29(35)23(3)4)21-26-20-40-36(31-9-7-8-10-33(31)39)32-19-27(38)13-16-30(32)37(26)42/h7-10,13,16,19,21-25,28-29,34-35H,11-12,14-15,17-18,20H2,1-6H3/b26-21-. The van der Waals surface area contributed by atoms with Crippen LogP contribution in [0.2, 0.25) is 5.02 Å². The summed E-state index contributed by atoms with van der Waals surface area (Å²) in [6, 6.07) is 12.7. The van der Waals surface area contributed by atoms with Crippen LogP contribution in [0, 0.1) is 41.3 Å². The minimum absolute atomic E-state index is 0.0309. The first kappa shape index (κ1) is 31.0. The zero-order chi connectivity index (χ0) is 30.1. The van der Waals surface area contributed by atoms with E-state index < -0.39 is 0 Å². The molecule has 6 atom stereocenters. The molecule has 3 nitrogen and oxygen atoms in total. The number of rotatable bonds is 6. The summed E-state index contributed by atoms with van der Waals surface area (Å²) in [5.41, 5.74) is 2.72. The zero-order valence-electron chi connectivity index (χ0n) is 26.2. The number of ketones is 1. The average Bonchev–Trinajstić information content (AvgIpc) is 3.07. The summed E-state index contributed by atoms with van der Waals surface area (Å²) in [5, 5.41) is 0.506. The number of halogens is 2. The van der Waals surface area contributed by atoms with Crippen LogP contribution in [0.3, 0.4) is 0 Å². The van der Waals surface area contributed by atoms with Gasteiger partial charge in [0.05, 0.1) is 12.3 Å². The van der Waals surface area contributed by atoms with Crippen LogP contribution in [-0.4, -0.2) is 35.0 Å². The van der Waals surface area contributed by atoms with Crippen molar-refractivity contribution in [3.05, 3.63) is 81.8 Å². The summed E-state index contributed by atoms with van der Waals surface area (Å²) < 4.78 is 15.1. The van der Waals surface area contributed by atoms with Crippen LogP contribution >= 0.6 is 11.6 Å². The zero-order valence-corrected chi connectivity index (χ0v) is 27.0. The maximum Gasteiger partial charge on any atom is 0.193 e. The van der Waals surface area contributed by atoms with Crippen molar-refractivity contribution >= 4 is 23.1 Å². The molecule has 0 spiro atoms. The molecule has 42 heavy (non-hydrogen) atoms. The van der Waals surface area contributed by atoms with Gasteiger partial charge < -0.3 is 4.90 Å². The molecule has 2 saturated carbocycles. The second-order valence-corrected chi connectivity index (χ2v) is 14.5. The van der Waals surface area contributed by atoms with E-state index in [1.165, 1.54) is 31.7 Å². The number of hydrogen-bond donors (Lipinski definition) is 0. The van der Waals surface area contributed by atoms with Crippen LogP contribution in [0.5, 0.6) is 0 Å². The van der Waals surface area contributed by atoms with Gasteiger partial charge in [-0.3, -0.25) is 9.79 Å². The van der Waals surface area contributed by atoms with Gasteiger partial charge in [0, 0.05) is 45.6 Å². The van der Waals surface area contributed by atoms with Crippen molar-refractivity contribution in [3.8, 4) is 0 Å². The summed E-state index contributed by atoms with van der Waals surface area (Å²) in [7, 11) is 0. The molecule has 2 fully saturated rings. The molecule has 1 aliphatic heterocycles. The van der Waals surface area contributed by atoms with E-state index in [1.807, 2.05) is 6.07 Å². The van der Waals surface area contributed by atoms with E-state index in [0.717, 1.165) is 12.8 Å². The van der Waals surface area contributed by atoms with Crippen molar-refractivity contribution in [2.24, 2.45) is 40.5 Å². The minimum atomic E-state index is -0.351. The maximum atomic E-state index is 15.1. The molecule has 2 aliphatic carbocycles. The normalized spacial score (nSPS) is 29.4. The molecule has 1 heterocycles. The monoisotopic (exact) mass is 590 g/mol. The van der Waals surface area contributed by atoms with Gasteiger partial charge >= 0.3 is 0 Å². The molecular weight excluding hydrogens is 543 g/mol. The molecular formula is C37H48ClFN2O. The molecule has 2 aromatic carbocycles. The van der Waals surface area contributed by atoms with E-state index in [1.54, 1.807) is 30.3 Å². The van der Waals surface area contributed by atoms with Crippen molar-refractivity contribution in [1.82, 2.24) is 4.90 Å². The smallest absolute Gasteiger partial charge is 0.193 e. The van der Waals surface area contributed by atoms with Crippen molar-refractivity contribution < 1.29 is 9.18 Å². The Hall–Kier alpha value is -2.46. The highest BCUT2D eigenvalue weighted by Crippen LogP contribution is 2.43. The molecule has 0 radical (unpaired) electrons. The number of carbonyl (C=O) groups excluding carboxylic acids is 1. The van der Waals surface area contributed by atoms with Crippen molar-refractivity contribution in [2.45, 2.75) is 92.2 Å². The first-order chi connectivity index (χ1) is 20.0. The Morgan fingerprint density at radius 2 is 1.45 bits per heavy atom. The lowest BCUT2D eigenvalue weighted by molar-refractivity contribution is 0.00911. The molecule has 5 rings (SSSR count). The molecule has 6 unspecified atom stereocenters. The Labute approximate surface area is 257 Å². The summed E-state index contributed by atoms with van der Waals surface area (Å²) in [6.45, 7) is 14.5. The van der Waals surface area contributed by atoms with E-state index in [2.05, 4.69) is 52.6 Å². The molecule has 0 bridgehead atoms. The Morgan fingerprint density at radius 1 is 0.857 bits per heavy atom. The third kappa shape index (κ3) is 6.39. The maximum absolute atomic E-state index is 15.1. The van der Waals surface area contributed by atoms with Gasteiger partial charge in [0.1, 0.15) is 5.82 Å². The third-order valence-corrected chi connectivity index (χ3v) is 10.6. The number of Topliss-reactive ketones (excluding diaryl/α,β-unsaturated/α-hetero) is 1. The quantitative estimate of drug-likeness (QED) is 0.314. The highest BCUT2D eigenvalue weighted by atomic mass is 35.5. The Bertz CT molecular complexity index is 1320. The number of benzene rings is 2. The van der Waals surface area contributed by atoms with E-state index in [0.29, 0.717) is 80.6 Å². The number of fused-ring (bicyclic) bond motifs is 1. The summed E-state index contributed by atoms with van der Waals surface area (Å²) in [4.78, 5) is 22.0. The molecule has 0 amide bonds. The Kier molecular flexibility index (Phi) is 9.62. The molecule has 0 N–H and O–H groups in total. The summed E-state index contributed by atoms with van der Waals surface area (Å²) in [5.74, 6) is 3.22. The fourth-order valence-electron chi connectivity index (χ4n) is 7.99. The Balaban J connectivity index is 1.66. The highest BCUT2D eigenvalue weighted by molar-refractivity contribution is 6.32. The fourth-order valence-corrected chi connectivity index (χ4v) is 8.17. The van der Waals surface area contributed by atoms with Crippen LogP contribution < -0.4 is 0 Å². The molecule has 2 aromatic rings. The fraction of sp³-hybridized carbons (Fsp3) is 0.568. The van der Waals surface area contributed by atoms with Crippen LogP contribution in [0.25, 0.3) is 0 Å². The number of nitrogens with zero attached hydrogens (tertiary/aromatic N) is 2. The van der Waals surface area contributed by atoms with Crippen molar-refractivity contribution in [2.75, 3.05) is 6.54 Å². The number of aliphatic imine (C=N–C) groups is 1. The van der Waals surface area contributed by atoms with Gasteiger partial charge in [-0.25, -0.2) is 4.39 Å². The lowest BCUT2D eigenvalue weighted by atomic mass is 9.69. The van der Waals surface area contributed by atoms with Gasteiger partial charge in [-0.2, -0.15) is 0 Å². The second-order valence-electron chi connectivity index (χ2n) is 14.1. The van der Waals surface area contributed by atoms with Gasteiger partial charge in [-0.05, 0) is 91.5 Å². The van der Waals surface area contributed by atoms with Gasteiger partial charge in [-0.1, -0.05) is 78.1 Å². The van der Waals surface area contributed by atoms with E-state index in [4.69, 9.17) is 16.6 Å². The van der Waals surface area contributed by atoms with Gasteiger partial charge in [0.25, 0.3) is 0 Å². The summed E-state index contributed by atoms with van der Waals surface area (Å²) in [6.07, 6.45) is 9.48. The predicted octanol–water partition coefficient (Wildman–Crippen LogP) is 9.62. The highest BCUT2D eigenvalue weighted by Gasteiger charge is 2.42. The van der Waals surface area contributed by atoms with Crippen molar-refractivity contribution in [1.29, 1.82) is 0 Å². The summed E-state index contributed by atoms with van der Waals surface area (Å²) >= 11 is 6.43. The largest absolute Gasteiger partial charge is 0.370 e. The number of carbonyl (C=O) groups is 1. The Morgan fingerprint density at radius 3 is 2.02 bits per heavy atom.